The van der Waals surface area contributed by atoms with Gasteiger partial charge in [0.15, 0.2) is 0 Å². The number of alkyl halides is 10. The number of pyridine rings is 2. The second-order valence-electron chi connectivity index (χ2n) is 15.4. The Balaban J connectivity index is 0.000000161. The number of hydrogen-bond acceptors (Lipinski definition) is 10. The van der Waals surface area contributed by atoms with Crippen molar-refractivity contribution in [2.24, 2.45) is 10.8 Å². The molecule has 2 aliphatic carbocycles. The first-order chi connectivity index (χ1) is 32.7. The van der Waals surface area contributed by atoms with Crippen LogP contribution < -0.4 is 9.80 Å². The van der Waals surface area contributed by atoms with Gasteiger partial charge in [0.05, 0.1) is 34.9 Å². The molecule has 0 atom stereocenters. The first-order valence-corrected chi connectivity index (χ1v) is 20.9. The van der Waals surface area contributed by atoms with E-state index in [-0.39, 0.29) is 71.0 Å². The molecule has 8 aromatic rings. The van der Waals surface area contributed by atoms with Crippen LogP contribution in [0.1, 0.15) is 31.4 Å². The van der Waals surface area contributed by atoms with E-state index < -0.39 is 60.8 Å². The van der Waals surface area contributed by atoms with Crippen LogP contribution in [0.25, 0.3) is 33.4 Å². The fraction of sp³-hybridized carbons (Fsp3) is 0.273. The van der Waals surface area contributed by atoms with Crippen LogP contribution in [0.4, 0.5) is 75.7 Å². The number of halogens is 13. The number of terminal acetylenes is 1. The van der Waals surface area contributed by atoms with E-state index in [0.29, 0.717) is 21.3 Å². The van der Waals surface area contributed by atoms with Crippen molar-refractivity contribution in [3.8, 4) is 24.2 Å². The largest absolute Gasteiger partial charge is 0.405 e. The third-order valence-corrected chi connectivity index (χ3v) is 11.4. The number of aromatic nitrogens is 10. The Bertz CT molecular complexity index is 3290. The molecule has 0 amide bonds. The first kappa shape index (κ1) is 48.2. The minimum Gasteiger partial charge on any atom is -0.320 e. The van der Waals surface area contributed by atoms with Crippen molar-refractivity contribution in [1.82, 2.24) is 49.1 Å². The molecule has 6 heterocycles. The van der Waals surface area contributed by atoms with Crippen molar-refractivity contribution in [3.63, 3.8) is 0 Å². The van der Waals surface area contributed by atoms with E-state index >= 15 is 0 Å². The lowest BCUT2D eigenvalue weighted by molar-refractivity contribution is -0.169. The lowest BCUT2D eigenvalue weighted by Crippen LogP contribution is -2.26. The quantitative estimate of drug-likeness (QED) is 0.0827. The van der Waals surface area contributed by atoms with Gasteiger partial charge >= 0.3 is 12.4 Å². The Morgan fingerprint density at radius 3 is 1.54 bits per heavy atom. The molecular weight excluding hydrogens is 1000 g/mol. The topological polar surface area (TPSA) is 118 Å². The van der Waals surface area contributed by atoms with Crippen LogP contribution in [0.15, 0.2) is 90.3 Å². The van der Waals surface area contributed by atoms with Crippen LogP contribution in [0.5, 0.6) is 0 Å². The number of anilines is 4. The van der Waals surface area contributed by atoms with E-state index in [1.807, 2.05) is 0 Å². The molecule has 0 unspecified atom stereocenters. The summed E-state index contributed by atoms with van der Waals surface area (Å²) in [5, 5.41) is 15.3. The molecule has 356 valence electrons. The summed E-state index contributed by atoms with van der Waals surface area (Å²) in [4.78, 5) is 18.8. The Morgan fingerprint density at radius 2 is 1.13 bits per heavy atom. The van der Waals surface area contributed by atoms with Gasteiger partial charge in [0.2, 0.25) is 0 Å². The van der Waals surface area contributed by atoms with Crippen molar-refractivity contribution < 1.29 is 52.7 Å². The second-order valence-corrected chi connectivity index (χ2v) is 16.2. The normalized spacial score (nSPS) is 14.7. The third kappa shape index (κ3) is 9.86. The predicted molar refractivity (Wildman–Crippen MR) is 230 cm³/mol. The molecule has 0 saturated heterocycles. The van der Waals surface area contributed by atoms with Crippen LogP contribution in [-0.4, -0.2) is 87.4 Å². The number of nitrogens with zero attached hydrogens (tertiary/aromatic N) is 12. The van der Waals surface area contributed by atoms with E-state index in [9.17, 15) is 52.7 Å². The SMILES string of the molecule is C#CC1(C(F)(F)F)CC1.Fc1cccc2c1c(N(CC(F)F)c1ccnc(Br)c1)nc1nncn12.Fc1cccc2c1c(N(CC(F)F)c1ccnc(C#CC3(C(F)(F)F)CC3)c1)nc1nncn12. The molecule has 0 N–H and O–H groups in total. The van der Waals surface area contributed by atoms with Crippen LogP contribution >= 0.6 is 15.9 Å². The molecule has 2 fully saturated rings. The molecule has 12 nitrogen and oxygen atoms in total. The molecule has 0 bridgehead atoms. The van der Waals surface area contributed by atoms with Gasteiger partial charge in [-0.05, 0) is 96.1 Å². The number of benzene rings is 2. The zero-order valence-electron chi connectivity index (χ0n) is 34.8. The van der Waals surface area contributed by atoms with Crippen molar-refractivity contribution in [3.05, 3.63) is 108 Å². The highest BCUT2D eigenvalue weighted by Crippen LogP contribution is 2.57. The van der Waals surface area contributed by atoms with E-state index in [0.717, 1.165) is 4.90 Å². The van der Waals surface area contributed by atoms with E-state index in [1.54, 1.807) is 30.2 Å². The molecule has 2 aliphatic rings. The van der Waals surface area contributed by atoms with Crippen molar-refractivity contribution in [1.29, 1.82) is 0 Å². The highest BCUT2D eigenvalue weighted by molar-refractivity contribution is 9.10. The molecule has 2 aromatic carbocycles. The molecular formula is C44H29BrF12N12. The van der Waals surface area contributed by atoms with Gasteiger partial charge in [0.25, 0.3) is 24.4 Å². The standard InChI is InChI=1S/C22H14F6N6.C16H10BrF3N6.C6H5F3/c23-15-2-1-3-16-18(15)19(31-20-32-30-12-34(16)20)33(11-17(24)25)14-5-9-29-13(10-14)4-6-21(7-8-21)22(26,27)28;17-12-6-9(4-5-21-12)25(7-13(19)20)15-14-10(18)2-1-3-11(14)26-8-22-24-16(26)23-15;1-2-5(3-4-5)6(7,8)9/h1-3,5,9-10,12,17H,7-8,11H2;1-6,8,13H,7H2;1H,3-4H2. The Labute approximate surface area is 389 Å². The molecule has 0 aliphatic heterocycles. The van der Waals surface area contributed by atoms with Crippen LogP contribution in [0, 0.1) is 46.6 Å². The van der Waals surface area contributed by atoms with Gasteiger partial charge in [-0.25, -0.2) is 36.3 Å². The lowest BCUT2D eigenvalue weighted by atomic mass is 10.1. The average molecular weight is 1030 g/mol. The summed E-state index contributed by atoms with van der Waals surface area (Å²) in [5.74, 6) is 5.27. The summed E-state index contributed by atoms with van der Waals surface area (Å²) in [5.41, 5.74) is -2.60. The molecule has 6 aromatic heterocycles. The fourth-order valence-corrected chi connectivity index (χ4v) is 7.41. The Hall–Kier alpha value is -7.28. The summed E-state index contributed by atoms with van der Waals surface area (Å²) in [6, 6.07) is 14.4. The minimum absolute atomic E-state index is 0.0389. The average Bonchev–Trinajstić information content (AvgIpc) is 4.19. The monoisotopic (exact) mass is 1030 g/mol. The van der Waals surface area contributed by atoms with E-state index in [2.05, 4.69) is 74.5 Å². The van der Waals surface area contributed by atoms with Crippen molar-refractivity contribution >= 4 is 72.3 Å². The van der Waals surface area contributed by atoms with E-state index in [1.165, 1.54) is 75.1 Å². The van der Waals surface area contributed by atoms with Gasteiger partial charge in [-0.15, -0.1) is 26.8 Å². The van der Waals surface area contributed by atoms with Crippen LogP contribution in [0.2, 0.25) is 0 Å². The minimum atomic E-state index is -4.46. The number of rotatable bonds is 8. The zero-order chi connectivity index (χ0) is 49.5. The van der Waals surface area contributed by atoms with Gasteiger partial charge in [0, 0.05) is 23.8 Å². The third-order valence-electron chi connectivity index (χ3n) is 10.9. The zero-order valence-corrected chi connectivity index (χ0v) is 36.4. The Kier molecular flexibility index (Phi) is 13.0. The number of fused-ring (bicyclic) bond motifs is 6. The fourth-order valence-electron chi connectivity index (χ4n) is 7.05. The maximum atomic E-state index is 14.9. The summed E-state index contributed by atoms with van der Waals surface area (Å²) < 4.78 is 161. The second kappa shape index (κ2) is 18.7. The highest BCUT2D eigenvalue weighted by atomic mass is 79.9. The first-order valence-electron chi connectivity index (χ1n) is 20.1. The highest BCUT2D eigenvalue weighted by Gasteiger charge is 2.63. The molecule has 0 spiro atoms. The maximum Gasteiger partial charge on any atom is 0.405 e. The van der Waals surface area contributed by atoms with E-state index in [4.69, 9.17) is 0 Å². The van der Waals surface area contributed by atoms with Gasteiger partial charge in [0.1, 0.15) is 57.1 Å². The maximum absolute atomic E-state index is 14.9. The smallest absolute Gasteiger partial charge is 0.320 e. The van der Waals surface area contributed by atoms with Gasteiger partial charge in [-0.1, -0.05) is 24.0 Å². The van der Waals surface area contributed by atoms with Crippen LogP contribution in [0.3, 0.4) is 0 Å². The van der Waals surface area contributed by atoms with Crippen molar-refractivity contribution in [2.45, 2.75) is 50.9 Å². The molecule has 69 heavy (non-hydrogen) atoms. The van der Waals surface area contributed by atoms with Crippen molar-refractivity contribution in [2.75, 3.05) is 22.9 Å². The Morgan fingerprint density at radius 1 is 0.667 bits per heavy atom. The summed E-state index contributed by atoms with van der Waals surface area (Å²) in [6.45, 7) is -1.54. The van der Waals surface area contributed by atoms with Gasteiger partial charge in [-0.2, -0.15) is 36.3 Å². The summed E-state index contributed by atoms with van der Waals surface area (Å²) in [7, 11) is 0. The summed E-state index contributed by atoms with van der Waals surface area (Å²) in [6.07, 6.45) is -4.05. The number of hydrogen-bond donors (Lipinski definition) is 0. The predicted octanol–water partition coefficient (Wildman–Crippen LogP) is 10.8. The molecule has 2 saturated carbocycles. The summed E-state index contributed by atoms with van der Waals surface area (Å²) >= 11 is 3.22. The molecule has 10 rings (SSSR count). The van der Waals surface area contributed by atoms with Crippen LogP contribution in [-0.2, 0) is 0 Å². The van der Waals surface area contributed by atoms with Gasteiger partial charge in [-0.3, -0.25) is 8.80 Å². The lowest BCUT2D eigenvalue weighted by Gasteiger charge is -2.25. The van der Waals surface area contributed by atoms with Gasteiger partial charge < -0.3 is 9.80 Å². The molecule has 0 radical (unpaired) electrons. The molecule has 25 heteroatoms.